The zero-order chi connectivity index (χ0) is 15.4. The van der Waals surface area contributed by atoms with E-state index >= 15 is 0 Å². The Bertz CT molecular complexity index is 459. The van der Waals surface area contributed by atoms with Gasteiger partial charge in [0.25, 0.3) is 0 Å². The Morgan fingerprint density at radius 1 is 1.19 bits per heavy atom. The van der Waals surface area contributed by atoms with Crippen LogP contribution in [0.1, 0.15) is 45.6 Å². The van der Waals surface area contributed by atoms with E-state index in [1.165, 1.54) is 12.0 Å². The number of rotatable bonds is 5. The zero-order valence-corrected chi connectivity index (χ0v) is 13.8. The van der Waals surface area contributed by atoms with Gasteiger partial charge >= 0.3 is 0 Å². The first-order valence-corrected chi connectivity index (χ1v) is 8.08. The first kappa shape index (κ1) is 16.2. The molecule has 2 N–H and O–H groups in total. The second-order valence-electron chi connectivity index (χ2n) is 6.67. The standard InChI is InChI=1S/C18H29NO2/c1-12-5-7-16(9-13(12)2)21-17-8-6-15(10-14(3)19)11-18(17)20-4/h6,8,11-14,16H,5,7,9-10,19H2,1-4H3. The van der Waals surface area contributed by atoms with Gasteiger partial charge in [0.15, 0.2) is 11.5 Å². The van der Waals surface area contributed by atoms with Crippen LogP contribution in [0, 0.1) is 11.8 Å². The molecule has 4 atom stereocenters. The van der Waals surface area contributed by atoms with Crippen molar-refractivity contribution < 1.29 is 9.47 Å². The highest BCUT2D eigenvalue weighted by Gasteiger charge is 2.26. The van der Waals surface area contributed by atoms with Crippen LogP contribution in [0.5, 0.6) is 11.5 Å². The Morgan fingerprint density at radius 3 is 2.57 bits per heavy atom. The van der Waals surface area contributed by atoms with Crippen LogP contribution in [0.4, 0.5) is 0 Å². The molecule has 21 heavy (non-hydrogen) atoms. The van der Waals surface area contributed by atoms with Crippen LogP contribution in [0.25, 0.3) is 0 Å². The van der Waals surface area contributed by atoms with Crippen molar-refractivity contribution >= 4 is 0 Å². The third-order valence-corrected chi connectivity index (χ3v) is 4.63. The highest BCUT2D eigenvalue weighted by molar-refractivity contribution is 5.43. The van der Waals surface area contributed by atoms with Gasteiger partial charge < -0.3 is 15.2 Å². The van der Waals surface area contributed by atoms with Crippen LogP contribution in [0.2, 0.25) is 0 Å². The summed E-state index contributed by atoms with van der Waals surface area (Å²) in [5.41, 5.74) is 7.05. The van der Waals surface area contributed by atoms with E-state index in [4.69, 9.17) is 15.2 Å². The van der Waals surface area contributed by atoms with Crippen LogP contribution in [0.15, 0.2) is 18.2 Å². The van der Waals surface area contributed by atoms with E-state index in [2.05, 4.69) is 19.9 Å². The van der Waals surface area contributed by atoms with Gasteiger partial charge in [0.2, 0.25) is 0 Å². The van der Waals surface area contributed by atoms with Crippen molar-refractivity contribution in [1.29, 1.82) is 0 Å². The summed E-state index contributed by atoms with van der Waals surface area (Å²) in [5, 5.41) is 0. The minimum absolute atomic E-state index is 0.155. The fourth-order valence-electron chi connectivity index (χ4n) is 3.09. The minimum Gasteiger partial charge on any atom is -0.493 e. The van der Waals surface area contributed by atoms with Crippen molar-refractivity contribution in [2.75, 3.05) is 7.11 Å². The Labute approximate surface area is 128 Å². The molecule has 0 amide bonds. The van der Waals surface area contributed by atoms with Gasteiger partial charge in [-0.1, -0.05) is 19.9 Å². The van der Waals surface area contributed by atoms with Gasteiger partial charge in [-0.25, -0.2) is 0 Å². The molecule has 2 rings (SSSR count). The van der Waals surface area contributed by atoms with Gasteiger partial charge in [0, 0.05) is 6.04 Å². The molecule has 0 radical (unpaired) electrons. The SMILES string of the molecule is COc1cc(CC(C)N)ccc1OC1CCC(C)C(C)C1. The maximum Gasteiger partial charge on any atom is 0.161 e. The number of ether oxygens (including phenoxy) is 2. The van der Waals surface area contributed by atoms with Crippen molar-refractivity contribution in [3.63, 3.8) is 0 Å². The molecule has 3 heteroatoms. The van der Waals surface area contributed by atoms with Gasteiger partial charge in [-0.3, -0.25) is 0 Å². The first-order valence-electron chi connectivity index (χ1n) is 8.08. The number of nitrogens with two attached hydrogens (primary N) is 1. The van der Waals surface area contributed by atoms with Gasteiger partial charge in [0.05, 0.1) is 13.2 Å². The number of methoxy groups -OCH3 is 1. The second kappa shape index (κ2) is 7.17. The van der Waals surface area contributed by atoms with E-state index in [1.54, 1.807) is 7.11 Å². The molecule has 0 aliphatic heterocycles. The van der Waals surface area contributed by atoms with Crippen molar-refractivity contribution in [2.45, 2.75) is 58.6 Å². The smallest absolute Gasteiger partial charge is 0.161 e. The van der Waals surface area contributed by atoms with E-state index < -0.39 is 0 Å². The Morgan fingerprint density at radius 2 is 1.95 bits per heavy atom. The van der Waals surface area contributed by atoms with Crippen molar-refractivity contribution in [3.05, 3.63) is 23.8 Å². The van der Waals surface area contributed by atoms with E-state index in [1.807, 2.05) is 19.1 Å². The van der Waals surface area contributed by atoms with Crippen molar-refractivity contribution in [1.82, 2.24) is 0 Å². The number of benzene rings is 1. The maximum absolute atomic E-state index is 6.20. The summed E-state index contributed by atoms with van der Waals surface area (Å²) in [5.74, 6) is 3.21. The average molecular weight is 291 g/mol. The van der Waals surface area contributed by atoms with Crippen LogP contribution in [0.3, 0.4) is 0 Å². The van der Waals surface area contributed by atoms with Gasteiger partial charge in [-0.2, -0.15) is 0 Å². The molecule has 1 saturated carbocycles. The maximum atomic E-state index is 6.20. The fourth-order valence-corrected chi connectivity index (χ4v) is 3.09. The van der Waals surface area contributed by atoms with Crippen molar-refractivity contribution in [2.24, 2.45) is 17.6 Å². The van der Waals surface area contributed by atoms with E-state index in [0.717, 1.165) is 42.6 Å². The number of hydrogen-bond donors (Lipinski definition) is 1. The highest BCUT2D eigenvalue weighted by Crippen LogP contribution is 2.35. The third kappa shape index (κ3) is 4.37. The summed E-state index contributed by atoms with van der Waals surface area (Å²) in [6, 6.07) is 6.32. The van der Waals surface area contributed by atoms with E-state index in [-0.39, 0.29) is 6.04 Å². The summed E-state index contributed by atoms with van der Waals surface area (Å²) in [6.07, 6.45) is 4.68. The molecular formula is C18H29NO2. The van der Waals surface area contributed by atoms with Crippen molar-refractivity contribution in [3.8, 4) is 11.5 Å². The topological polar surface area (TPSA) is 44.5 Å². The molecule has 1 fully saturated rings. The summed E-state index contributed by atoms with van der Waals surface area (Å²) < 4.78 is 11.7. The second-order valence-corrected chi connectivity index (χ2v) is 6.67. The molecule has 118 valence electrons. The lowest BCUT2D eigenvalue weighted by atomic mass is 9.80. The van der Waals surface area contributed by atoms with E-state index in [0.29, 0.717) is 6.10 Å². The molecule has 1 aromatic rings. The summed E-state index contributed by atoms with van der Waals surface area (Å²) in [7, 11) is 1.70. The van der Waals surface area contributed by atoms with Crippen LogP contribution < -0.4 is 15.2 Å². The average Bonchev–Trinajstić information content (AvgIpc) is 2.44. The predicted octanol–water partition coefficient (Wildman–Crippen LogP) is 3.79. The Hall–Kier alpha value is -1.22. The third-order valence-electron chi connectivity index (χ3n) is 4.63. The molecule has 0 heterocycles. The molecule has 0 spiro atoms. The van der Waals surface area contributed by atoms with Crippen LogP contribution >= 0.6 is 0 Å². The summed E-state index contributed by atoms with van der Waals surface area (Å²) >= 11 is 0. The molecule has 1 aliphatic rings. The molecule has 0 saturated heterocycles. The minimum atomic E-state index is 0.155. The molecule has 1 aromatic carbocycles. The summed E-state index contributed by atoms with van der Waals surface area (Å²) in [4.78, 5) is 0. The molecular weight excluding hydrogens is 262 g/mol. The highest BCUT2D eigenvalue weighted by atomic mass is 16.5. The lowest BCUT2D eigenvalue weighted by Gasteiger charge is -2.32. The normalized spacial score (nSPS) is 27.2. The largest absolute Gasteiger partial charge is 0.493 e. The summed E-state index contributed by atoms with van der Waals surface area (Å²) in [6.45, 7) is 6.68. The van der Waals surface area contributed by atoms with Gasteiger partial charge in [-0.05, 0) is 62.1 Å². The Kier molecular flexibility index (Phi) is 5.51. The number of hydrogen-bond acceptors (Lipinski definition) is 3. The Balaban J connectivity index is 2.05. The molecule has 0 aromatic heterocycles. The molecule has 3 nitrogen and oxygen atoms in total. The first-order chi connectivity index (χ1) is 9.99. The van der Waals surface area contributed by atoms with Crippen LogP contribution in [-0.4, -0.2) is 19.3 Å². The lowest BCUT2D eigenvalue weighted by Crippen LogP contribution is -2.28. The zero-order valence-electron chi connectivity index (χ0n) is 13.8. The van der Waals surface area contributed by atoms with Gasteiger partial charge in [-0.15, -0.1) is 0 Å². The lowest BCUT2D eigenvalue weighted by molar-refractivity contribution is 0.0977. The van der Waals surface area contributed by atoms with Crippen LogP contribution in [-0.2, 0) is 6.42 Å². The quantitative estimate of drug-likeness (QED) is 0.897. The monoisotopic (exact) mass is 291 g/mol. The molecule has 4 unspecified atom stereocenters. The van der Waals surface area contributed by atoms with Gasteiger partial charge in [0.1, 0.15) is 0 Å². The fraction of sp³-hybridized carbons (Fsp3) is 0.667. The molecule has 0 bridgehead atoms. The molecule has 1 aliphatic carbocycles. The van der Waals surface area contributed by atoms with E-state index in [9.17, 15) is 0 Å². The predicted molar refractivity (Wildman–Crippen MR) is 86.9 cm³/mol.